The van der Waals surface area contributed by atoms with Crippen molar-refractivity contribution in [3.63, 3.8) is 0 Å². The van der Waals surface area contributed by atoms with Gasteiger partial charge in [-0.25, -0.2) is 8.42 Å². The fourth-order valence-corrected chi connectivity index (χ4v) is 4.40. The third kappa shape index (κ3) is 3.70. The Hall–Kier alpha value is -0.370. The summed E-state index contributed by atoms with van der Waals surface area (Å²) in [6.07, 6.45) is 2.76. The van der Waals surface area contributed by atoms with E-state index in [0.717, 1.165) is 6.42 Å². The zero-order valence-electron chi connectivity index (χ0n) is 12.6. The van der Waals surface area contributed by atoms with E-state index in [2.05, 4.69) is 5.32 Å². The molecule has 2 aliphatic rings. The minimum Gasteiger partial charge on any atom is -0.375 e. The highest BCUT2D eigenvalue weighted by Gasteiger charge is 2.50. The molecule has 0 aromatic heterocycles. The van der Waals surface area contributed by atoms with Gasteiger partial charge in [-0.05, 0) is 32.4 Å². The van der Waals surface area contributed by atoms with Gasteiger partial charge in [-0.2, -0.15) is 0 Å². The van der Waals surface area contributed by atoms with Crippen LogP contribution in [-0.2, 0) is 19.4 Å². The SMILES string of the molecule is CCC1CN(C(=O)C2(S(C)(=O)=O)CCNCC2)CCO1.Cl. The number of nitrogens with one attached hydrogen (secondary N) is 1. The molecule has 0 spiro atoms. The quantitative estimate of drug-likeness (QED) is 0.795. The fourth-order valence-electron chi connectivity index (χ4n) is 3.01. The number of halogens is 1. The molecule has 2 rings (SSSR count). The maximum absolute atomic E-state index is 12.8. The topological polar surface area (TPSA) is 75.7 Å². The Balaban J connectivity index is 0.00000220. The highest BCUT2D eigenvalue weighted by molar-refractivity contribution is 7.92. The molecule has 2 fully saturated rings. The van der Waals surface area contributed by atoms with Crippen LogP contribution in [0.4, 0.5) is 0 Å². The van der Waals surface area contributed by atoms with Crippen LogP contribution in [0.2, 0.25) is 0 Å². The molecule has 8 heteroatoms. The number of nitrogens with zero attached hydrogens (tertiary/aromatic N) is 1. The Kier molecular flexibility index (Phi) is 6.46. The van der Waals surface area contributed by atoms with E-state index in [1.165, 1.54) is 6.26 Å². The van der Waals surface area contributed by atoms with Gasteiger partial charge >= 0.3 is 0 Å². The van der Waals surface area contributed by atoms with Gasteiger partial charge in [0.15, 0.2) is 14.6 Å². The summed E-state index contributed by atoms with van der Waals surface area (Å²) in [5.41, 5.74) is 0. The normalized spacial score (nSPS) is 26.0. The summed E-state index contributed by atoms with van der Waals surface area (Å²) in [5.74, 6) is -0.233. The number of hydrogen-bond donors (Lipinski definition) is 1. The van der Waals surface area contributed by atoms with Crippen LogP contribution >= 0.6 is 12.4 Å². The van der Waals surface area contributed by atoms with Crippen LogP contribution in [0.5, 0.6) is 0 Å². The fraction of sp³-hybridized carbons (Fsp3) is 0.923. The van der Waals surface area contributed by atoms with Crippen LogP contribution in [0, 0.1) is 0 Å². The van der Waals surface area contributed by atoms with E-state index in [1.54, 1.807) is 4.90 Å². The predicted octanol–water partition coefficient (Wildman–Crippen LogP) is 0.212. The number of carbonyl (C=O) groups is 1. The molecule has 0 aliphatic carbocycles. The highest BCUT2D eigenvalue weighted by atomic mass is 35.5. The summed E-state index contributed by atoms with van der Waals surface area (Å²) < 4.78 is 28.8. The first-order valence-electron chi connectivity index (χ1n) is 7.22. The zero-order valence-corrected chi connectivity index (χ0v) is 14.3. The standard InChI is InChI=1S/C13H24N2O4S.ClH/c1-3-11-10-15(8-9-19-11)12(16)13(20(2,17)18)4-6-14-7-5-13;/h11,14H,3-10H2,1-2H3;1H. The van der Waals surface area contributed by atoms with Crippen molar-refractivity contribution >= 4 is 28.2 Å². The van der Waals surface area contributed by atoms with Crippen LogP contribution < -0.4 is 5.32 Å². The molecule has 0 bridgehead atoms. The molecule has 1 N–H and O–H groups in total. The first-order valence-corrected chi connectivity index (χ1v) is 9.11. The van der Waals surface area contributed by atoms with Crippen LogP contribution in [0.25, 0.3) is 0 Å². The lowest BCUT2D eigenvalue weighted by atomic mass is 9.94. The maximum atomic E-state index is 12.8. The molecule has 1 amide bonds. The van der Waals surface area contributed by atoms with Crippen LogP contribution in [0.15, 0.2) is 0 Å². The predicted molar refractivity (Wildman–Crippen MR) is 83.5 cm³/mol. The summed E-state index contributed by atoms with van der Waals surface area (Å²) in [4.78, 5) is 14.5. The third-order valence-corrected chi connectivity index (χ3v) is 6.39. The van der Waals surface area contributed by atoms with Crippen LogP contribution in [-0.4, -0.2) is 69.1 Å². The monoisotopic (exact) mass is 340 g/mol. The Labute approximate surface area is 132 Å². The van der Waals surface area contributed by atoms with Gasteiger partial charge in [-0.1, -0.05) is 6.92 Å². The number of carbonyl (C=O) groups excluding carboxylic acids is 1. The average molecular weight is 341 g/mol. The number of ether oxygens (including phenoxy) is 1. The van der Waals surface area contributed by atoms with E-state index < -0.39 is 14.6 Å². The molecule has 6 nitrogen and oxygen atoms in total. The van der Waals surface area contributed by atoms with E-state index in [0.29, 0.717) is 45.6 Å². The number of morpholine rings is 1. The van der Waals surface area contributed by atoms with Crippen LogP contribution in [0.3, 0.4) is 0 Å². The Morgan fingerprint density at radius 1 is 1.38 bits per heavy atom. The molecule has 0 radical (unpaired) electrons. The van der Waals surface area contributed by atoms with E-state index in [-0.39, 0.29) is 24.4 Å². The van der Waals surface area contributed by atoms with Crippen LogP contribution in [0.1, 0.15) is 26.2 Å². The lowest BCUT2D eigenvalue weighted by molar-refractivity contribution is -0.142. The second-order valence-corrected chi connectivity index (χ2v) is 7.99. The smallest absolute Gasteiger partial charge is 0.244 e. The van der Waals surface area contributed by atoms with Crippen molar-refractivity contribution in [3.8, 4) is 0 Å². The molecule has 0 aromatic carbocycles. The van der Waals surface area contributed by atoms with Gasteiger partial charge in [0.25, 0.3) is 0 Å². The lowest BCUT2D eigenvalue weighted by Crippen LogP contribution is -2.60. The second-order valence-electron chi connectivity index (χ2n) is 5.67. The van der Waals surface area contributed by atoms with Crippen molar-refractivity contribution in [3.05, 3.63) is 0 Å². The molecule has 124 valence electrons. The van der Waals surface area contributed by atoms with Crippen molar-refractivity contribution in [2.24, 2.45) is 0 Å². The molecular weight excluding hydrogens is 316 g/mol. The minimum atomic E-state index is -3.43. The van der Waals surface area contributed by atoms with E-state index in [4.69, 9.17) is 4.74 Å². The molecule has 2 heterocycles. The largest absolute Gasteiger partial charge is 0.375 e. The number of sulfone groups is 1. The summed E-state index contributed by atoms with van der Waals surface area (Å²) in [7, 11) is -3.43. The summed E-state index contributed by atoms with van der Waals surface area (Å²) >= 11 is 0. The molecule has 21 heavy (non-hydrogen) atoms. The van der Waals surface area contributed by atoms with Gasteiger partial charge in [-0.3, -0.25) is 4.79 Å². The van der Waals surface area contributed by atoms with Crippen molar-refractivity contribution in [1.82, 2.24) is 10.2 Å². The third-order valence-electron chi connectivity index (χ3n) is 4.39. The van der Waals surface area contributed by atoms with Crippen molar-refractivity contribution in [2.45, 2.75) is 37.0 Å². The van der Waals surface area contributed by atoms with Gasteiger partial charge in [0.2, 0.25) is 5.91 Å². The van der Waals surface area contributed by atoms with Gasteiger partial charge in [-0.15, -0.1) is 12.4 Å². The summed E-state index contributed by atoms with van der Waals surface area (Å²) in [6, 6.07) is 0. The summed E-state index contributed by atoms with van der Waals surface area (Å²) in [6.45, 7) is 4.62. The van der Waals surface area contributed by atoms with Crippen molar-refractivity contribution < 1.29 is 17.9 Å². The molecule has 2 aliphatic heterocycles. The number of amides is 1. The zero-order chi connectivity index (χ0) is 14.8. The molecule has 0 aromatic rings. The first-order chi connectivity index (χ1) is 9.40. The van der Waals surface area contributed by atoms with E-state index in [9.17, 15) is 13.2 Å². The van der Waals surface area contributed by atoms with Gasteiger partial charge in [0.1, 0.15) is 0 Å². The van der Waals surface area contributed by atoms with Crippen molar-refractivity contribution in [2.75, 3.05) is 39.0 Å². The molecular formula is C13H25ClN2O4S. The average Bonchev–Trinajstić information content (AvgIpc) is 2.46. The number of piperidine rings is 1. The van der Waals surface area contributed by atoms with E-state index in [1.807, 2.05) is 6.92 Å². The molecule has 1 unspecified atom stereocenters. The minimum absolute atomic E-state index is 0. The van der Waals surface area contributed by atoms with Gasteiger partial charge < -0.3 is 15.0 Å². The molecule has 2 saturated heterocycles. The number of hydrogen-bond acceptors (Lipinski definition) is 5. The second kappa shape index (κ2) is 7.26. The summed E-state index contributed by atoms with van der Waals surface area (Å²) in [5, 5.41) is 3.13. The molecule has 1 atom stereocenters. The maximum Gasteiger partial charge on any atom is 0.244 e. The highest BCUT2D eigenvalue weighted by Crippen LogP contribution is 2.30. The van der Waals surface area contributed by atoms with Gasteiger partial charge in [0, 0.05) is 19.3 Å². The number of rotatable bonds is 3. The molecule has 0 saturated carbocycles. The Morgan fingerprint density at radius 2 is 2.00 bits per heavy atom. The van der Waals surface area contributed by atoms with Crippen molar-refractivity contribution in [1.29, 1.82) is 0 Å². The lowest BCUT2D eigenvalue weighted by Gasteiger charge is -2.41. The Bertz CT molecular complexity index is 463. The Morgan fingerprint density at radius 3 is 2.52 bits per heavy atom. The van der Waals surface area contributed by atoms with E-state index >= 15 is 0 Å². The first kappa shape index (κ1) is 18.7. The van der Waals surface area contributed by atoms with Gasteiger partial charge in [0.05, 0.1) is 12.7 Å².